The Hall–Kier alpha value is -2.09. The molecule has 1 heterocycles. The minimum Gasteiger partial charge on any atom is -0.493 e. The molecule has 0 saturated carbocycles. The van der Waals surface area contributed by atoms with E-state index in [1.165, 1.54) is 23.8 Å². The maximum absolute atomic E-state index is 12.9. The molecule has 0 amide bonds. The molecule has 1 fully saturated rings. The monoisotopic (exact) mass is 462 g/mol. The molecule has 0 spiro atoms. The normalized spacial score (nSPS) is 18.7. The highest BCUT2D eigenvalue weighted by atomic mass is 32.2. The largest absolute Gasteiger partial charge is 0.493 e. The van der Waals surface area contributed by atoms with E-state index in [1.807, 2.05) is 13.0 Å². The van der Waals surface area contributed by atoms with Crippen LogP contribution in [0.25, 0.3) is 0 Å². The Morgan fingerprint density at radius 3 is 2.16 bits per heavy atom. The molecule has 2 atom stereocenters. The third-order valence-corrected chi connectivity index (χ3v) is 7.81. The summed E-state index contributed by atoms with van der Waals surface area (Å²) < 4.78 is 43.5. The topological polar surface area (TPSA) is 82.1 Å². The highest BCUT2D eigenvalue weighted by molar-refractivity contribution is 7.91. The molecule has 1 aliphatic heterocycles. The van der Waals surface area contributed by atoms with Crippen molar-refractivity contribution in [1.29, 1.82) is 0 Å². The van der Waals surface area contributed by atoms with E-state index in [2.05, 4.69) is 32.9 Å². The highest BCUT2D eigenvalue weighted by Gasteiger charge is 2.32. The van der Waals surface area contributed by atoms with Gasteiger partial charge in [-0.15, -0.1) is 0 Å². The molecule has 7 heteroatoms. The van der Waals surface area contributed by atoms with Crippen LogP contribution in [0.1, 0.15) is 66.2 Å². The molecule has 2 aromatic rings. The summed E-state index contributed by atoms with van der Waals surface area (Å²) in [7, 11) is -2.25. The lowest BCUT2D eigenvalue weighted by atomic mass is 9.96. The average molecular weight is 463 g/mol. The Kier molecular flexibility index (Phi) is 7.85. The fourth-order valence-electron chi connectivity index (χ4n) is 4.12. The SMILES string of the molecule is CCCOc1c(OC)cc([C@@H]2CC[C@@H](c3cc(C)c(C)c(C)c3)O2)cc1S(=O)(=O)CCO. The first-order valence-electron chi connectivity index (χ1n) is 11.1. The van der Waals surface area contributed by atoms with E-state index in [0.717, 1.165) is 30.4 Å². The van der Waals surface area contributed by atoms with Crippen LogP contribution in [0.3, 0.4) is 0 Å². The molecule has 32 heavy (non-hydrogen) atoms. The fraction of sp³-hybridized carbons (Fsp3) is 0.520. The molecular weight excluding hydrogens is 428 g/mol. The Morgan fingerprint density at radius 2 is 1.62 bits per heavy atom. The summed E-state index contributed by atoms with van der Waals surface area (Å²) in [6.07, 6.45) is 2.06. The van der Waals surface area contributed by atoms with Gasteiger partial charge in [0, 0.05) is 0 Å². The number of ether oxygens (including phenoxy) is 3. The van der Waals surface area contributed by atoms with Crippen LogP contribution in [-0.2, 0) is 14.6 Å². The van der Waals surface area contributed by atoms with Crippen molar-refractivity contribution in [2.45, 2.75) is 64.1 Å². The predicted octanol–water partition coefficient (Wildman–Crippen LogP) is 4.77. The standard InChI is InChI=1S/C25H34O6S/c1-6-10-30-25-23(29-5)14-20(15-24(25)32(27,28)11-9-26)22-8-7-21(31-22)19-12-16(2)18(4)17(3)13-19/h12-15,21-22,26H,6-11H2,1-5H3/t21-,22-/m0/s1. The van der Waals surface area contributed by atoms with Gasteiger partial charge in [-0.1, -0.05) is 19.1 Å². The second-order valence-electron chi connectivity index (χ2n) is 8.41. The molecule has 2 aromatic carbocycles. The Balaban J connectivity index is 1.97. The number of hydrogen-bond donors (Lipinski definition) is 1. The van der Waals surface area contributed by atoms with Crippen LogP contribution < -0.4 is 9.47 Å². The molecular formula is C25H34O6S. The molecule has 1 aliphatic rings. The van der Waals surface area contributed by atoms with Gasteiger partial charge in [0.05, 0.1) is 38.3 Å². The molecule has 0 radical (unpaired) electrons. The van der Waals surface area contributed by atoms with Gasteiger partial charge in [0.15, 0.2) is 21.3 Å². The highest BCUT2D eigenvalue weighted by Crippen LogP contribution is 2.45. The van der Waals surface area contributed by atoms with Crippen molar-refractivity contribution < 1.29 is 27.7 Å². The van der Waals surface area contributed by atoms with Crippen molar-refractivity contribution in [2.75, 3.05) is 26.1 Å². The number of methoxy groups -OCH3 is 1. The van der Waals surface area contributed by atoms with Crippen LogP contribution in [0.5, 0.6) is 11.5 Å². The lowest BCUT2D eigenvalue weighted by Gasteiger charge is -2.20. The lowest BCUT2D eigenvalue weighted by Crippen LogP contribution is -2.14. The van der Waals surface area contributed by atoms with Crippen LogP contribution in [0, 0.1) is 20.8 Å². The lowest BCUT2D eigenvalue weighted by molar-refractivity contribution is 0.0437. The summed E-state index contributed by atoms with van der Waals surface area (Å²) in [5, 5.41) is 9.29. The van der Waals surface area contributed by atoms with Gasteiger partial charge >= 0.3 is 0 Å². The summed E-state index contributed by atoms with van der Waals surface area (Å²) in [4.78, 5) is 0.0448. The van der Waals surface area contributed by atoms with Gasteiger partial charge in [-0.25, -0.2) is 8.42 Å². The first-order chi connectivity index (χ1) is 15.2. The summed E-state index contributed by atoms with van der Waals surface area (Å²) in [5.41, 5.74) is 5.66. The molecule has 1 saturated heterocycles. The zero-order valence-electron chi connectivity index (χ0n) is 19.6. The van der Waals surface area contributed by atoms with Gasteiger partial charge in [0.25, 0.3) is 0 Å². The molecule has 0 aliphatic carbocycles. The summed E-state index contributed by atoms with van der Waals surface area (Å²) in [6.45, 7) is 8.19. The third-order valence-electron chi connectivity index (χ3n) is 6.12. The van der Waals surface area contributed by atoms with Crippen molar-refractivity contribution in [3.05, 3.63) is 52.1 Å². The second kappa shape index (κ2) is 10.2. The number of aliphatic hydroxyl groups excluding tert-OH is 1. The quantitative estimate of drug-likeness (QED) is 0.578. The molecule has 0 unspecified atom stereocenters. The van der Waals surface area contributed by atoms with Crippen LogP contribution in [0.4, 0.5) is 0 Å². The van der Waals surface area contributed by atoms with Gasteiger partial charge in [-0.05, 0) is 80.0 Å². The summed E-state index contributed by atoms with van der Waals surface area (Å²) in [5.74, 6) is 0.186. The minimum absolute atomic E-state index is 0.0440. The van der Waals surface area contributed by atoms with Crippen molar-refractivity contribution in [3.8, 4) is 11.5 Å². The zero-order valence-corrected chi connectivity index (χ0v) is 20.4. The van der Waals surface area contributed by atoms with Crippen molar-refractivity contribution in [2.24, 2.45) is 0 Å². The van der Waals surface area contributed by atoms with Crippen LogP contribution >= 0.6 is 0 Å². The Morgan fingerprint density at radius 1 is 1.03 bits per heavy atom. The minimum atomic E-state index is -3.75. The molecule has 176 valence electrons. The Bertz CT molecular complexity index is 1040. The average Bonchev–Trinajstić information content (AvgIpc) is 3.25. The van der Waals surface area contributed by atoms with Gasteiger partial charge in [0.2, 0.25) is 0 Å². The van der Waals surface area contributed by atoms with Crippen LogP contribution in [0.2, 0.25) is 0 Å². The molecule has 1 N–H and O–H groups in total. The van der Waals surface area contributed by atoms with Gasteiger partial charge in [0.1, 0.15) is 4.90 Å². The number of hydrogen-bond acceptors (Lipinski definition) is 6. The van der Waals surface area contributed by atoms with E-state index >= 15 is 0 Å². The van der Waals surface area contributed by atoms with Crippen molar-refractivity contribution in [1.82, 2.24) is 0 Å². The number of sulfone groups is 1. The molecule has 0 bridgehead atoms. The van der Waals surface area contributed by atoms with E-state index in [0.29, 0.717) is 12.4 Å². The zero-order chi connectivity index (χ0) is 23.5. The first kappa shape index (κ1) is 24.6. The van der Waals surface area contributed by atoms with Crippen molar-refractivity contribution >= 4 is 9.84 Å². The smallest absolute Gasteiger partial charge is 0.184 e. The van der Waals surface area contributed by atoms with E-state index in [1.54, 1.807) is 6.07 Å². The van der Waals surface area contributed by atoms with Crippen molar-refractivity contribution in [3.63, 3.8) is 0 Å². The number of rotatable bonds is 9. The van der Waals surface area contributed by atoms with Gasteiger partial charge in [-0.2, -0.15) is 0 Å². The van der Waals surface area contributed by atoms with Crippen LogP contribution in [0.15, 0.2) is 29.2 Å². The fourth-order valence-corrected chi connectivity index (χ4v) is 5.34. The number of aryl methyl sites for hydroxylation is 2. The maximum atomic E-state index is 12.9. The number of benzene rings is 2. The van der Waals surface area contributed by atoms with Gasteiger partial charge < -0.3 is 19.3 Å². The van der Waals surface area contributed by atoms with Gasteiger partial charge in [-0.3, -0.25) is 0 Å². The maximum Gasteiger partial charge on any atom is 0.184 e. The summed E-state index contributed by atoms with van der Waals surface area (Å²) >= 11 is 0. The van der Waals surface area contributed by atoms with E-state index in [9.17, 15) is 13.5 Å². The second-order valence-corrected chi connectivity index (χ2v) is 10.5. The number of aliphatic hydroxyl groups is 1. The third kappa shape index (κ3) is 5.11. The summed E-state index contributed by atoms with van der Waals surface area (Å²) in [6, 6.07) is 7.78. The molecule has 6 nitrogen and oxygen atoms in total. The molecule has 0 aromatic heterocycles. The Labute approximate surface area is 191 Å². The molecule has 3 rings (SSSR count). The van der Waals surface area contributed by atoms with E-state index < -0.39 is 16.4 Å². The predicted molar refractivity (Wildman–Crippen MR) is 124 cm³/mol. The van der Waals surface area contributed by atoms with Crippen LogP contribution in [-0.4, -0.2) is 39.6 Å². The first-order valence-corrected chi connectivity index (χ1v) is 12.8. The van der Waals surface area contributed by atoms with E-state index in [4.69, 9.17) is 14.2 Å². The van der Waals surface area contributed by atoms with E-state index in [-0.39, 0.29) is 28.6 Å².